The second-order valence-corrected chi connectivity index (χ2v) is 1.81. The first-order valence-corrected chi connectivity index (χ1v) is 2.57. The highest BCUT2D eigenvalue weighted by atomic mass is 17.1. The molecular formula is C4H8BO2. The molecule has 0 bridgehead atoms. The van der Waals surface area contributed by atoms with E-state index >= 15 is 0 Å². The molecule has 1 rings (SSSR count). The Balaban J connectivity index is 2.14. The van der Waals surface area contributed by atoms with Crippen LogP contribution in [0, 0.1) is 0 Å². The largest absolute Gasteiger partial charge is 0.252 e. The second-order valence-electron chi connectivity index (χ2n) is 1.81. The van der Waals surface area contributed by atoms with Crippen LogP contribution in [0.5, 0.6) is 0 Å². The molecule has 7 heavy (non-hydrogen) atoms. The third-order valence-corrected chi connectivity index (χ3v) is 1.26. The Kier molecular flexibility index (Phi) is 1.71. The molecule has 2 nitrogen and oxygen atoms in total. The summed E-state index contributed by atoms with van der Waals surface area (Å²) in [5.41, 5.74) is 0. The Hall–Kier alpha value is -0.0151. The first-order chi connectivity index (χ1) is 3.43. The molecule has 0 aromatic carbocycles. The van der Waals surface area contributed by atoms with E-state index in [0.717, 1.165) is 19.2 Å². The second kappa shape index (κ2) is 2.33. The average molecular weight is 98.9 g/mol. The molecule has 1 aliphatic rings. The molecule has 1 fully saturated rings. The molecule has 0 amide bonds. The summed E-state index contributed by atoms with van der Waals surface area (Å²) >= 11 is 0. The summed E-state index contributed by atoms with van der Waals surface area (Å²) in [5.74, 6) is 0. The minimum Gasteiger partial charge on any atom is -0.252 e. The monoisotopic (exact) mass is 99.1 g/mol. The van der Waals surface area contributed by atoms with Crippen LogP contribution < -0.4 is 0 Å². The Bertz CT molecular complexity index is 51.7. The van der Waals surface area contributed by atoms with Crippen LogP contribution in [-0.2, 0) is 4.89 Å². The van der Waals surface area contributed by atoms with Crippen LogP contribution in [0.1, 0.15) is 12.8 Å². The van der Waals surface area contributed by atoms with Gasteiger partial charge in [-0.1, -0.05) is 12.7 Å². The summed E-state index contributed by atoms with van der Waals surface area (Å²) in [6.07, 6.45) is 3.23. The van der Waals surface area contributed by atoms with Crippen molar-refractivity contribution in [2.75, 3.05) is 0 Å². The third kappa shape index (κ3) is 1.18. The molecule has 0 aromatic heterocycles. The van der Waals surface area contributed by atoms with Crippen molar-refractivity contribution < 1.29 is 10.1 Å². The topological polar surface area (TPSA) is 29.5 Å². The summed E-state index contributed by atoms with van der Waals surface area (Å²) in [6, 6.07) is 0.0278. The Morgan fingerprint density at radius 3 is 2.86 bits per heavy atom. The van der Waals surface area contributed by atoms with E-state index in [9.17, 15) is 0 Å². The first kappa shape index (κ1) is 5.13. The molecule has 1 radical (unpaired) electrons. The smallest absolute Gasteiger partial charge is 0.153 e. The predicted molar refractivity (Wildman–Crippen MR) is 27.3 cm³/mol. The van der Waals surface area contributed by atoms with E-state index in [4.69, 9.17) is 5.26 Å². The average Bonchev–Trinajstić information content (AvgIpc) is 2.14. The van der Waals surface area contributed by atoms with Crippen molar-refractivity contribution >= 4 is 7.28 Å². The fourth-order valence-electron chi connectivity index (χ4n) is 0.836. The van der Waals surface area contributed by atoms with Crippen LogP contribution in [0.2, 0.25) is 6.32 Å². The van der Waals surface area contributed by atoms with Crippen molar-refractivity contribution in [3.05, 3.63) is 0 Å². The molecule has 1 saturated heterocycles. The van der Waals surface area contributed by atoms with E-state index in [2.05, 4.69) is 4.89 Å². The molecule has 1 atom stereocenters. The SMILES string of the molecule is OOC1[B]CCC1. The van der Waals surface area contributed by atoms with E-state index in [-0.39, 0.29) is 6.00 Å². The minimum atomic E-state index is 0.0278. The quantitative estimate of drug-likeness (QED) is 0.298. The fourth-order valence-corrected chi connectivity index (χ4v) is 0.836. The van der Waals surface area contributed by atoms with Crippen LogP contribution >= 0.6 is 0 Å². The molecular weight excluding hydrogens is 90.9 g/mol. The van der Waals surface area contributed by atoms with Gasteiger partial charge in [-0.3, -0.25) is 5.26 Å². The van der Waals surface area contributed by atoms with Gasteiger partial charge in [0, 0.05) is 0 Å². The molecule has 0 aliphatic carbocycles. The van der Waals surface area contributed by atoms with Gasteiger partial charge in [0.1, 0.15) is 0 Å². The molecule has 1 heterocycles. The molecule has 1 unspecified atom stereocenters. The van der Waals surface area contributed by atoms with E-state index in [0.29, 0.717) is 0 Å². The normalized spacial score (nSPS) is 30.1. The molecule has 0 saturated carbocycles. The number of hydrogen-bond donors (Lipinski definition) is 1. The molecule has 1 N–H and O–H groups in total. The maximum absolute atomic E-state index is 8.03. The van der Waals surface area contributed by atoms with Gasteiger partial charge < -0.3 is 0 Å². The molecule has 1 aliphatic heterocycles. The van der Waals surface area contributed by atoms with Crippen LogP contribution in [-0.4, -0.2) is 18.5 Å². The summed E-state index contributed by atoms with van der Waals surface area (Å²) < 4.78 is 0. The van der Waals surface area contributed by atoms with Gasteiger partial charge in [0.2, 0.25) is 0 Å². The van der Waals surface area contributed by atoms with Crippen LogP contribution in [0.25, 0.3) is 0 Å². The lowest BCUT2D eigenvalue weighted by molar-refractivity contribution is -0.256. The highest BCUT2D eigenvalue weighted by Gasteiger charge is 2.15. The van der Waals surface area contributed by atoms with Gasteiger partial charge in [0.25, 0.3) is 0 Å². The molecule has 0 aromatic rings. The van der Waals surface area contributed by atoms with E-state index in [1.807, 2.05) is 7.28 Å². The van der Waals surface area contributed by atoms with E-state index < -0.39 is 0 Å². The van der Waals surface area contributed by atoms with Crippen molar-refractivity contribution in [1.29, 1.82) is 0 Å². The predicted octanol–water partition coefficient (Wildman–Crippen LogP) is 0.718. The summed E-state index contributed by atoms with van der Waals surface area (Å²) in [4.78, 5) is 4.06. The van der Waals surface area contributed by atoms with Crippen molar-refractivity contribution in [2.45, 2.75) is 25.2 Å². The van der Waals surface area contributed by atoms with Gasteiger partial charge in [0.05, 0.1) is 6.00 Å². The van der Waals surface area contributed by atoms with Crippen molar-refractivity contribution in [3.63, 3.8) is 0 Å². The zero-order chi connectivity index (χ0) is 5.11. The Morgan fingerprint density at radius 1 is 1.71 bits per heavy atom. The van der Waals surface area contributed by atoms with Crippen LogP contribution in [0.3, 0.4) is 0 Å². The maximum atomic E-state index is 8.03. The number of hydrogen-bond acceptors (Lipinski definition) is 2. The van der Waals surface area contributed by atoms with Crippen LogP contribution in [0.4, 0.5) is 0 Å². The number of rotatable bonds is 1. The lowest BCUT2D eigenvalue weighted by atomic mass is 9.75. The zero-order valence-electron chi connectivity index (χ0n) is 4.13. The summed E-state index contributed by atoms with van der Waals surface area (Å²) in [6.45, 7) is 0. The zero-order valence-corrected chi connectivity index (χ0v) is 4.13. The van der Waals surface area contributed by atoms with Gasteiger partial charge in [-0.25, -0.2) is 4.89 Å². The lowest BCUT2D eigenvalue weighted by Crippen LogP contribution is -2.10. The molecule has 0 spiro atoms. The Morgan fingerprint density at radius 2 is 2.57 bits per heavy atom. The lowest BCUT2D eigenvalue weighted by Gasteiger charge is -1.98. The fraction of sp³-hybridized carbons (Fsp3) is 1.00. The first-order valence-electron chi connectivity index (χ1n) is 2.57. The van der Waals surface area contributed by atoms with Gasteiger partial charge in [-0.2, -0.15) is 0 Å². The van der Waals surface area contributed by atoms with E-state index in [1.165, 1.54) is 0 Å². The van der Waals surface area contributed by atoms with Crippen molar-refractivity contribution in [3.8, 4) is 0 Å². The van der Waals surface area contributed by atoms with Gasteiger partial charge in [0.15, 0.2) is 7.28 Å². The van der Waals surface area contributed by atoms with Gasteiger partial charge >= 0.3 is 0 Å². The minimum absolute atomic E-state index is 0.0278. The van der Waals surface area contributed by atoms with Crippen molar-refractivity contribution in [1.82, 2.24) is 0 Å². The van der Waals surface area contributed by atoms with E-state index in [1.54, 1.807) is 0 Å². The van der Waals surface area contributed by atoms with Gasteiger partial charge in [-0.05, 0) is 6.42 Å². The summed E-state index contributed by atoms with van der Waals surface area (Å²) in [7, 11) is 1.99. The summed E-state index contributed by atoms with van der Waals surface area (Å²) in [5, 5.41) is 8.03. The molecule has 3 heteroatoms. The molecule has 39 valence electrons. The van der Waals surface area contributed by atoms with Crippen molar-refractivity contribution in [2.24, 2.45) is 0 Å². The van der Waals surface area contributed by atoms with Gasteiger partial charge in [-0.15, -0.1) is 0 Å². The van der Waals surface area contributed by atoms with Crippen LogP contribution in [0.15, 0.2) is 0 Å². The third-order valence-electron chi connectivity index (χ3n) is 1.26. The highest BCUT2D eigenvalue weighted by molar-refractivity contribution is 6.38. The maximum Gasteiger partial charge on any atom is 0.153 e. The Labute approximate surface area is 43.7 Å². The standard InChI is InChI=1S/C4H8BO2/c6-7-4-2-1-3-5-4/h4,6H,1-3H2. The highest BCUT2D eigenvalue weighted by Crippen LogP contribution is 2.12.